The molecule has 1 heterocycles. The van der Waals surface area contributed by atoms with Crippen molar-refractivity contribution in [1.82, 2.24) is 15.1 Å². The second kappa shape index (κ2) is 7.33. The number of urea groups is 1. The molecule has 2 N–H and O–H groups in total. The number of aliphatic carboxylic acids is 1. The first-order valence-electron chi connectivity index (χ1n) is 6.94. The van der Waals surface area contributed by atoms with Gasteiger partial charge in [-0.1, -0.05) is 13.3 Å². The summed E-state index contributed by atoms with van der Waals surface area (Å²) in [6.07, 6.45) is 2.11. The van der Waals surface area contributed by atoms with Gasteiger partial charge in [0.25, 0.3) is 0 Å². The highest BCUT2D eigenvalue weighted by Gasteiger charge is 2.27. The number of rotatable bonds is 4. The summed E-state index contributed by atoms with van der Waals surface area (Å²) in [5, 5.41) is 11.7. The van der Waals surface area contributed by atoms with Gasteiger partial charge in [0, 0.05) is 19.1 Å². The van der Waals surface area contributed by atoms with E-state index in [9.17, 15) is 9.59 Å². The van der Waals surface area contributed by atoms with Gasteiger partial charge in [0.05, 0.1) is 0 Å². The normalized spacial score (nSPS) is 22.7. The molecule has 1 saturated heterocycles. The van der Waals surface area contributed by atoms with Gasteiger partial charge >= 0.3 is 12.0 Å². The van der Waals surface area contributed by atoms with Gasteiger partial charge in [-0.15, -0.1) is 0 Å². The molecule has 1 rings (SSSR count). The van der Waals surface area contributed by atoms with E-state index >= 15 is 0 Å². The minimum absolute atomic E-state index is 0.101. The molecule has 0 aromatic rings. The van der Waals surface area contributed by atoms with E-state index in [1.54, 1.807) is 4.90 Å². The Hall–Kier alpha value is -1.30. The third-order valence-electron chi connectivity index (χ3n) is 3.48. The van der Waals surface area contributed by atoms with E-state index in [0.29, 0.717) is 13.0 Å². The number of carboxylic acids is 1. The average Bonchev–Trinajstić information content (AvgIpc) is 2.49. The van der Waals surface area contributed by atoms with Crippen LogP contribution in [0.3, 0.4) is 0 Å². The number of nitrogens with zero attached hydrogens (tertiary/aromatic N) is 2. The topological polar surface area (TPSA) is 72.9 Å². The molecule has 0 bridgehead atoms. The van der Waals surface area contributed by atoms with Crippen LogP contribution in [0, 0.1) is 0 Å². The van der Waals surface area contributed by atoms with Gasteiger partial charge in [-0.05, 0) is 33.4 Å². The lowest BCUT2D eigenvalue weighted by molar-refractivity contribution is -0.139. The highest BCUT2D eigenvalue weighted by Crippen LogP contribution is 2.09. The zero-order chi connectivity index (χ0) is 14.4. The molecule has 110 valence electrons. The van der Waals surface area contributed by atoms with Crippen molar-refractivity contribution in [3.8, 4) is 0 Å². The summed E-state index contributed by atoms with van der Waals surface area (Å²) in [6.45, 7) is 6.36. The highest BCUT2D eigenvalue weighted by molar-refractivity contribution is 5.82. The Labute approximate surface area is 114 Å². The van der Waals surface area contributed by atoms with Gasteiger partial charge < -0.3 is 20.2 Å². The molecule has 1 aliphatic heterocycles. The van der Waals surface area contributed by atoms with E-state index in [0.717, 1.165) is 25.9 Å². The molecule has 0 aliphatic carbocycles. The monoisotopic (exact) mass is 271 g/mol. The Balaban J connectivity index is 2.62. The maximum Gasteiger partial charge on any atom is 0.326 e. The van der Waals surface area contributed by atoms with Crippen molar-refractivity contribution >= 4 is 12.0 Å². The molecule has 0 aromatic heterocycles. The molecular weight excluding hydrogens is 246 g/mol. The minimum atomic E-state index is -0.963. The van der Waals surface area contributed by atoms with Gasteiger partial charge in [0.15, 0.2) is 0 Å². The van der Waals surface area contributed by atoms with Gasteiger partial charge in [-0.2, -0.15) is 0 Å². The molecule has 0 radical (unpaired) electrons. The van der Waals surface area contributed by atoms with Crippen molar-refractivity contribution < 1.29 is 14.7 Å². The summed E-state index contributed by atoms with van der Waals surface area (Å²) in [4.78, 5) is 27.2. The molecule has 1 fully saturated rings. The molecular formula is C13H25N3O3. The fourth-order valence-corrected chi connectivity index (χ4v) is 2.45. The van der Waals surface area contributed by atoms with Gasteiger partial charge in [-0.3, -0.25) is 0 Å². The largest absolute Gasteiger partial charge is 0.480 e. The third-order valence-corrected chi connectivity index (χ3v) is 3.48. The van der Waals surface area contributed by atoms with Crippen molar-refractivity contribution in [2.45, 2.75) is 45.2 Å². The predicted octanol–water partition coefficient (Wildman–Crippen LogP) is 0.975. The molecule has 6 heteroatoms. The Morgan fingerprint density at radius 2 is 2.11 bits per heavy atom. The number of carbonyl (C=O) groups excluding carboxylic acids is 1. The molecule has 2 atom stereocenters. The van der Waals surface area contributed by atoms with Crippen LogP contribution in [-0.2, 0) is 4.79 Å². The predicted molar refractivity (Wildman–Crippen MR) is 73.1 cm³/mol. The van der Waals surface area contributed by atoms with Crippen LogP contribution in [0.5, 0.6) is 0 Å². The first-order valence-corrected chi connectivity index (χ1v) is 6.94. The number of hydrogen-bond donors (Lipinski definition) is 2. The Morgan fingerprint density at radius 3 is 2.68 bits per heavy atom. The fraction of sp³-hybridized carbons (Fsp3) is 0.846. The standard InChI is InChI=1S/C13H25N3O3/c1-4-6-11(12(17)18)14-13(19)16-8-5-7-15(3)9-10(16)2/h10-11H,4-9H2,1-3H3,(H,14,19)(H,17,18). The first-order chi connectivity index (χ1) is 8.95. The molecule has 1 aliphatic rings. The van der Waals surface area contributed by atoms with Crippen molar-refractivity contribution in [3.63, 3.8) is 0 Å². The van der Waals surface area contributed by atoms with Crippen LogP contribution in [0.2, 0.25) is 0 Å². The van der Waals surface area contributed by atoms with Crippen LogP contribution in [0.4, 0.5) is 4.79 Å². The van der Waals surface area contributed by atoms with Crippen molar-refractivity contribution in [1.29, 1.82) is 0 Å². The number of nitrogens with one attached hydrogen (secondary N) is 1. The van der Waals surface area contributed by atoms with E-state index in [-0.39, 0.29) is 12.1 Å². The highest BCUT2D eigenvalue weighted by atomic mass is 16.4. The Kier molecular flexibility index (Phi) is 6.08. The van der Waals surface area contributed by atoms with Gasteiger partial charge in [0.2, 0.25) is 0 Å². The molecule has 0 aromatic carbocycles. The lowest BCUT2D eigenvalue weighted by Gasteiger charge is -2.29. The molecule has 0 spiro atoms. The lowest BCUT2D eigenvalue weighted by atomic mass is 10.2. The van der Waals surface area contributed by atoms with Gasteiger partial charge in [0.1, 0.15) is 6.04 Å². The third kappa shape index (κ3) is 4.70. The number of carboxylic acid groups (broad SMARTS) is 1. The SMILES string of the molecule is CCCC(NC(=O)N1CCCN(C)CC1C)C(=O)O. The fourth-order valence-electron chi connectivity index (χ4n) is 2.45. The van der Waals surface area contributed by atoms with E-state index < -0.39 is 12.0 Å². The van der Waals surface area contributed by atoms with E-state index in [2.05, 4.69) is 10.2 Å². The summed E-state index contributed by atoms with van der Waals surface area (Å²) in [5.41, 5.74) is 0. The zero-order valence-electron chi connectivity index (χ0n) is 12.1. The number of likely N-dealkylation sites (N-methyl/N-ethyl adjacent to an activating group) is 1. The van der Waals surface area contributed by atoms with Crippen LogP contribution in [0.15, 0.2) is 0 Å². The lowest BCUT2D eigenvalue weighted by Crippen LogP contribution is -2.51. The van der Waals surface area contributed by atoms with Crippen LogP contribution in [0.1, 0.15) is 33.1 Å². The van der Waals surface area contributed by atoms with E-state index in [1.807, 2.05) is 20.9 Å². The van der Waals surface area contributed by atoms with Crippen LogP contribution in [0.25, 0.3) is 0 Å². The molecule has 0 saturated carbocycles. The smallest absolute Gasteiger partial charge is 0.326 e. The van der Waals surface area contributed by atoms with Crippen molar-refractivity contribution in [2.75, 3.05) is 26.7 Å². The van der Waals surface area contributed by atoms with Crippen LogP contribution in [-0.4, -0.2) is 65.7 Å². The van der Waals surface area contributed by atoms with Crippen molar-refractivity contribution in [3.05, 3.63) is 0 Å². The maximum absolute atomic E-state index is 12.2. The number of hydrogen-bond acceptors (Lipinski definition) is 3. The van der Waals surface area contributed by atoms with E-state index in [1.165, 1.54) is 0 Å². The van der Waals surface area contributed by atoms with Gasteiger partial charge in [-0.25, -0.2) is 9.59 Å². The van der Waals surface area contributed by atoms with Crippen LogP contribution < -0.4 is 5.32 Å². The summed E-state index contributed by atoms with van der Waals surface area (Å²) < 4.78 is 0. The molecule has 2 unspecified atom stereocenters. The summed E-state index contributed by atoms with van der Waals surface area (Å²) in [6, 6.07) is -0.946. The summed E-state index contributed by atoms with van der Waals surface area (Å²) in [7, 11) is 2.04. The average molecular weight is 271 g/mol. The number of amides is 2. The summed E-state index contributed by atoms with van der Waals surface area (Å²) in [5.74, 6) is -0.963. The van der Waals surface area contributed by atoms with E-state index in [4.69, 9.17) is 5.11 Å². The second-order valence-electron chi connectivity index (χ2n) is 5.29. The first kappa shape index (κ1) is 15.8. The second-order valence-corrected chi connectivity index (χ2v) is 5.29. The quantitative estimate of drug-likeness (QED) is 0.799. The zero-order valence-corrected chi connectivity index (χ0v) is 12.1. The molecule has 19 heavy (non-hydrogen) atoms. The minimum Gasteiger partial charge on any atom is -0.480 e. The Morgan fingerprint density at radius 1 is 1.42 bits per heavy atom. The maximum atomic E-state index is 12.2. The molecule has 2 amide bonds. The molecule has 6 nitrogen and oxygen atoms in total. The van der Waals surface area contributed by atoms with Crippen molar-refractivity contribution in [2.24, 2.45) is 0 Å². The van der Waals surface area contributed by atoms with Crippen LogP contribution >= 0.6 is 0 Å². The Bertz CT molecular complexity index is 322. The summed E-state index contributed by atoms with van der Waals surface area (Å²) >= 11 is 0. The number of carbonyl (C=O) groups is 2.